The lowest BCUT2D eigenvalue weighted by Crippen LogP contribution is -2.12. The molecule has 1 amide bonds. The van der Waals surface area contributed by atoms with E-state index >= 15 is 0 Å². The second-order valence-electron chi connectivity index (χ2n) is 5.01. The summed E-state index contributed by atoms with van der Waals surface area (Å²) in [7, 11) is 0. The van der Waals surface area contributed by atoms with Crippen LogP contribution < -0.4 is 15.4 Å². The molecule has 0 unspecified atom stereocenters. The molecular formula is C18H13FN4O2. The van der Waals surface area contributed by atoms with Crippen molar-refractivity contribution in [1.82, 2.24) is 9.97 Å². The van der Waals surface area contributed by atoms with Gasteiger partial charge in [-0.15, -0.1) is 0 Å². The molecule has 0 fully saturated rings. The minimum Gasteiger partial charge on any atom is -0.408 e. The molecule has 7 heteroatoms. The van der Waals surface area contributed by atoms with Crippen molar-refractivity contribution in [2.45, 2.75) is 0 Å². The summed E-state index contributed by atoms with van der Waals surface area (Å²) in [6.07, 6.45) is 8.64. The first-order chi connectivity index (χ1) is 12.2. The molecular weight excluding hydrogens is 323 g/mol. The minimum absolute atomic E-state index is 0.462. The molecule has 0 saturated carbocycles. The van der Waals surface area contributed by atoms with Crippen molar-refractivity contribution in [3.8, 4) is 18.3 Å². The molecule has 0 aliphatic rings. The quantitative estimate of drug-likeness (QED) is 0.700. The summed E-state index contributed by atoms with van der Waals surface area (Å²) < 4.78 is 17.3. The van der Waals surface area contributed by atoms with E-state index in [-0.39, 0.29) is 0 Å². The van der Waals surface area contributed by atoms with Gasteiger partial charge in [-0.05, 0) is 30.3 Å². The summed E-state index contributed by atoms with van der Waals surface area (Å²) in [4.78, 5) is 19.6. The fraction of sp³-hybridized carbons (Fsp3) is 0.0556. The maximum Gasteiger partial charge on any atom is 0.255 e. The summed E-state index contributed by atoms with van der Waals surface area (Å²) in [6.45, 7) is -1.08. The summed E-state index contributed by atoms with van der Waals surface area (Å²) in [5, 5.41) is 6.35. The molecule has 0 aliphatic carbocycles. The number of nitrogens with one attached hydrogen (secondary N) is 2. The highest BCUT2D eigenvalue weighted by Gasteiger charge is 2.07. The number of hydrogen-bond donors (Lipinski definition) is 2. The molecule has 3 rings (SSSR count). The largest absolute Gasteiger partial charge is 0.408 e. The molecule has 124 valence electrons. The molecule has 1 heterocycles. The van der Waals surface area contributed by atoms with E-state index in [1.807, 2.05) is 6.07 Å². The van der Waals surface area contributed by atoms with Crippen LogP contribution in [-0.2, 0) is 4.79 Å². The lowest BCUT2D eigenvalue weighted by molar-refractivity contribution is -0.117. The number of benzene rings is 2. The third-order valence-electron chi connectivity index (χ3n) is 3.32. The third-order valence-corrected chi connectivity index (χ3v) is 3.32. The van der Waals surface area contributed by atoms with Crippen molar-refractivity contribution in [1.29, 1.82) is 0 Å². The normalized spacial score (nSPS) is 10.1. The van der Waals surface area contributed by atoms with Crippen LogP contribution in [0.1, 0.15) is 0 Å². The number of aromatic nitrogens is 2. The summed E-state index contributed by atoms with van der Waals surface area (Å²) in [5.41, 5.74) is 1.80. The van der Waals surface area contributed by atoms with Crippen LogP contribution in [0, 0.1) is 12.5 Å². The molecule has 25 heavy (non-hydrogen) atoms. The highest BCUT2D eigenvalue weighted by molar-refractivity contribution is 5.97. The Morgan fingerprint density at radius 1 is 1.20 bits per heavy atom. The van der Waals surface area contributed by atoms with Gasteiger partial charge >= 0.3 is 0 Å². The highest BCUT2D eigenvalue weighted by Crippen LogP contribution is 2.26. The number of hydrogen-bond acceptors (Lipinski definition) is 5. The van der Waals surface area contributed by atoms with Gasteiger partial charge in [0.1, 0.15) is 24.0 Å². The molecule has 0 radical (unpaired) electrons. The zero-order chi connectivity index (χ0) is 17.6. The van der Waals surface area contributed by atoms with Gasteiger partial charge in [0, 0.05) is 22.8 Å². The number of fused-ring (bicyclic) bond motifs is 1. The van der Waals surface area contributed by atoms with Gasteiger partial charge in [0.2, 0.25) is 0 Å². The molecule has 1 aromatic heterocycles. The van der Waals surface area contributed by atoms with E-state index in [1.54, 1.807) is 36.4 Å². The number of carbonyl (C=O) groups excluding carboxylic acids is 1. The average molecular weight is 336 g/mol. The van der Waals surface area contributed by atoms with Crippen molar-refractivity contribution < 1.29 is 13.9 Å². The van der Waals surface area contributed by atoms with E-state index in [2.05, 4.69) is 26.7 Å². The van der Waals surface area contributed by atoms with E-state index in [0.717, 1.165) is 11.1 Å². The fourth-order valence-corrected chi connectivity index (χ4v) is 2.27. The van der Waals surface area contributed by atoms with Crippen LogP contribution in [0.4, 0.5) is 21.6 Å². The lowest BCUT2D eigenvalue weighted by Gasteiger charge is -2.10. The molecule has 6 nitrogen and oxygen atoms in total. The number of anilines is 3. The van der Waals surface area contributed by atoms with Crippen LogP contribution in [0.15, 0.2) is 48.8 Å². The first kappa shape index (κ1) is 16.2. The first-order valence-corrected chi connectivity index (χ1v) is 7.29. The predicted octanol–water partition coefficient (Wildman–Crippen LogP) is 3.25. The Labute approximate surface area is 143 Å². The molecule has 3 aromatic rings. The Hall–Kier alpha value is -3.66. The smallest absolute Gasteiger partial charge is 0.255 e. The first-order valence-electron chi connectivity index (χ1n) is 7.29. The monoisotopic (exact) mass is 336 g/mol. The summed E-state index contributed by atoms with van der Waals surface area (Å²) >= 11 is 0. The van der Waals surface area contributed by atoms with Crippen molar-refractivity contribution in [3.05, 3.63) is 48.8 Å². The maximum absolute atomic E-state index is 12.3. The second kappa shape index (κ2) is 7.27. The lowest BCUT2D eigenvalue weighted by atomic mass is 10.2. The third kappa shape index (κ3) is 3.82. The summed E-state index contributed by atoms with van der Waals surface area (Å²) in [5.74, 6) is 0.394. The van der Waals surface area contributed by atoms with E-state index < -0.39 is 12.6 Å². The molecule has 0 bridgehead atoms. The maximum atomic E-state index is 12.3. The van der Waals surface area contributed by atoms with E-state index in [0.29, 0.717) is 22.8 Å². The van der Waals surface area contributed by atoms with Gasteiger partial charge in [0.15, 0.2) is 6.67 Å². The molecule has 2 N–H and O–H groups in total. The van der Waals surface area contributed by atoms with E-state index in [1.165, 1.54) is 6.33 Å². The van der Waals surface area contributed by atoms with Crippen LogP contribution in [0.5, 0.6) is 5.75 Å². The molecule has 0 aliphatic heterocycles. The second-order valence-corrected chi connectivity index (χ2v) is 5.01. The van der Waals surface area contributed by atoms with E-state index in [9.17, 15) is 9.18 Å². The van der Waals surface area contributed by atoms with Crippen LogP contribution in [0.3, 0.4) is 0 Å². The Balaban J connectivity index is 1.90. The zero-order valence-corrected chi connectivity index (χ0v) is 13.0. The predicted molar refractivity (Wildman–Crippen MR) is 93.3 cm³/mol. The van der Waals surface area contributed by atoms with Crippen molar-refractivity contribution in [2.24, 2.45) is 0 Å². The SMILES string of the molecule is C#COc1cccc(Nc2ncnc3cc(NC(=O)CF)ccc23)c1. The molecule has 0 saturated heterocycles. The summed E-state index contributed by atoms with van der Waals surface area (Å²) in [6, 6.07) is 12.2. The highest BCUT2D eigenvalue weighted by atomic mass is 19.1. The Bertz CT molecular complexity index is 969. The Kier molecular flexibility index (Phi) is 4.72. The molecule has 0 spiro atoms. The van der Waals surface area contributed by atoms with Gasteiger partial charge in [-0.2, -0.15) is 0 Å². The van der Waals surface area contributed by atoms with Gasteiger partial charge in [0.25, 0.3) is 5.91 Å². The van der Waals surface area contributed by atoms with Gasteiger partial charge < -0.3 is 15.4 Å². The van der Waals surface area contributed by atoms with Crippen molar-refractivity contribution in [2.75, 3.05) is 17.3 Å². The average Bonchev–Trinajstić information content (AvgIpc) is 2.62. The van der Waals surface area contributed by atoms with Crippen LogP contribution in [0.25, 0.3) is 10.9 Å². The van der Waals surface area contributed by atoms with Crippen LogP contribution >= 0.6 is 0 Å². The number of carbonyl (C=O) groups is 1. The molecule has 2 aromatic carbocycles. The van der Waals surface area contributed by atoms with Gasteiger partial charge in [-0.25, -0.2) is 14.4 Å². The zero-order valence-electron chi connectivity index (χ0n) is 13.0. The number of amides is 1. The Morgan fingerprint density at radius 2 is 2.08 bits per heavy atom. The van der Waals surface area contributed by atoms with Gasteiger partial charge in [-0.3, -0.25) is 4.79 Å². The van der Waals surface area contributed by atoms with Crippen molar-refractivity contribution >= 4 is 34.0 Å². The molecule has 0 atom stereocenters. The number of terminal acetylenes is 1. The topological polar surface area (TPSA) is 76.1 Å². The number of nitrogens with zero attached hydrogens (tertiary/aromatic N) is 2. The number of alkyl halides is 1. The number of ether oxygens (including phenoxy) is 1. The van der Waals surface area contributed by atoms with Crippen LogP contribution in [-0.4, -0.2) is 22.5 Å². The van der Waals surface area contributed by atoms with Crippen LogP contribution in [0.2, 0.25) is 0 Å². The number of rotatable bonds is 5. The Morgan fingerprint density at radius 3 is 2.88 bits per heavy atom. The van der Waals surface area contributed by atoms with E-state index in [4.69, 9.17) is 11.2 Å². The van der Waals surface area contributed by atoms with Gasteiger partial charge in [-0.1, -0.05) is 12.5 Å². The standard InChI is InChI=1S/C18H13FN4O2/c1-2-25-14-5-3-4-12(8-14)23-18-15-7-6-13(22-17(24)10-19)9-16(15)20-11-21-18/h1,3-9,11H,10H2,(H,22,24)(H,20,21,23). The van der Waals surface area contributed by atoms with Gasteiger partial charge in [0.05, 0.1) is 5.52 Å². The number of halogens is 1. The minimum atomic E-state index is -1.08. The van der Waals surface area contributed by atoms with Crippen molar-refractivity contribution in [3.63, 3.8) is 0 Å². The fourth-order valence-electron chi connectivity index (χ4n) is 2.27.